The lowest BCUT2D eigenvalue weighted by Crippen LogP contribution is -2.47. The van der Waals surface area contributed by atoms with E-state index in [4.69, 9.17) is 9.72 Å². The van der Waals surface area contributed by atoms with E-state index in [1.54, 1.807) is 24.5 Å². The minimum absolute atomic E-state index is 0.308. The number of piperazine rings is 1. The van der Waals surface area contributed by atoms with Gasteiger partial charge in [0.1, 0.15) is 16.4 Å². The van der Waals surface area contributed by atoms with Crippen LogP contribution in [0.15, 0.2) is 36.5 Å². The quantitative estimate of drug-likeness (QED) is 0.594. The highest BCUT2D eigenvalue weighted by atomic mass is 32.1. The molecule has 3 heterocycles. The molecule has 0 atom stereocenters. The summed E-state index contributed by atoms with van der Waals surface area (Å²) in [6, 6.07) is 9.75. The van der Waals surface area contributed by atoms with Crippen LogP contribution in [0.2, 0.25) is 0 Å². The molecule has 9 heteroatoms. The predicted octanol–water partition coefficient (Wildman–Crippen LogP) is 2.81. The van der Waals surface area contributed by atoms with Crippen molar-refractivity contribution in [3.05, 3.63) is 47.1 Å². The van der Waals surface area contributed by atoms with Crippen molar-refractivity contribution in [3.63, 3.8) is 0 Å². The van der Waals surface area contributed by atoms with Gasteiger partial charge in [0.15, 0.2) is 5.82 Å². The summed E-state index contributed by atoms with van der Waals surface area (Å²) in [7, 11) is 0. The van der Waals surface area contributed by atoms with Crippen LogP contribution in [-0.2, 0) is 4.74 Å². The summed E-state index contributed by atoms with van der Waals surface area (Å²) in [4.78, 5) is 26.0. The molecule has 1 aliphatic heterocycles. The van der Waals surface area contributed by atoms with Crippen LogP contribution in [-0.4, -0.2) is 58.9 Å². The smallest absolute Gasteiger partial charge is 0.343 e. The van der Waals surface area contributed by atoms with E-state index >= 15 is 0 Å². The Balaban J connectivity index is 1.61. The van der Waals surface area contributed by atoms with Crippen molar-refractivity contribution in [2.75, 3.05) is 42.6 Å². The van der Waals surface area contributed by atoms with Crippen molar-refractivity contribution >= 4 is 28.3 Å². The molecule has 0 N–H and O–H groups in total. The van der Waals surface area contributed by atoms with E-state index in [1.807, 2.05) is 37.3 Å². The van der Waals surface area contributed by atoms with E-state index in [1.165, 1.54) is 0 Å². The van der Waals surface area contributed by atoms with Gasteiger partial charge >= 0.3 is 5.97 Å². The molecule has 0 spiro atoms. The number of hydrogen-bond acceptors (Lipinski definition) is 9. The Kier molecular flexibility index (Phi) is 5.66. The normalized spacial score (nSPS) is 14.1. The van der Waals surface area contributed by atoms with Gasteiger partial charge in [-0.3, -0.25) is 0 Å². The minimum atomic E-state index is -0.399. The number of rotatable bonds is 5. The summed E-state index contributed by atoms with van der Waals surface area (Å²) in [5.41, 5.74) is 1.30. The first-order chi connectivity index (χ1) is 14.2. The lowest BCUT2D eigenvalue weighted by molar-refractivity contribution is 0.0526. The number of nitrogens with zero attached hydrogens (tertiary/aromatic N) is 6. The van der Waals surface area contributed by atoms with Gasteiger partial charge in [0.2, 0.25) is 5.13 Å². The van der Waals surface area contributed by atoms with Gasteiger partial charge in [-0.25, -0.2) is 14.8 Å². The fourth-order valence-electron chi connectivity index (χ4n) is 3.22. The van der Waals surface area contributed by atoms with E-state index in [-0.39, 0.29) is 0 Å². The molecule has 0 bridgehead atoms. The molecule has 1 aromatic carbocycles. The van der Waals surface area contributed by atoms with Crippen LogP contribution in [0.3, 0.4) is 0 Å². The van der Waals surface area contributed by atoms with E-state index in [0.717, 1.165) is 41.9 Å². The van der Waals surface area contributed by atoms with Crippen molar-refractivity contribution in [1.29, 1.82) is 0 Å². The third-order valence-corrected chi connectivity index (χ3v) is 5.56. The zero-order valence-electron chi connectivity index (χ0n) is 16.4. The van der Waals surface area contributed by atoms with Gasteiger partial charge in [-0.05, 0) is 13.8 Å². The monoisotopic (exact) mass is 410 g/mol. The highest BCUT2D eigenvalue weighted by molar-refractivity contribution is 7.15. The van der Waals surface area contributed by atoms with Gasteiger partial charge in [0.05, 0.1) is 6.61 Å². The molecule has 2 aromatic heterocycles. The Labute approximate surface area is 173 Å². The molecule has 150 valence electrons. The molecular weight excluding hydrogens is 388 g/mol. The molecule has 1 fully saturated rings. The number of ether oxygens (including phenoxy) is 1. The molecule has 0 amide bonds. The first kappa shape index (κ1) is 19.3. The predicted molar refractivity (Wildman–Crippen MR) is 112 cm³/mol. The van der Waals surface area contributed by atoms with Gasteiger partial charge in [-0.1, -0.05) is 41.7 Å². The number of hydrogen-bond donors (Lipinski definition) is 0. The second-order valence-corrected chi connectivity index (χ2v) is 7.76. The topological polar surface area (TPSA) is 84.3 Å². The average molecular weight is 411 g/mol. The minimum Gasteiger partial charge on any atom is -0.462 e. The van der Waals surface area contributed by atoms with Gasteiger partial charge in [0, 0.05) is 37.9 Å². The van der Waals surface area contributed by atoms with Crippen molar-refractivity contribution in [2.24, 2.45) is 0 Å². The fraction of sp³-hybridized carbons (Fsp3) is 0.350. The van der Waals surface area contributed by atoms with Gasteiger partial charge in [-0.2, -0.15) is 0 Å². The van der Waals surface area contributed by atoms with Crippen molar-refractivity contribution < 1.29 is 9.53 Å². The van der Waals surface area contributed by atoms with Gasteiger partial charge < -0.3 is 14.5 Å². The van der Waals surface area contributed by atoms with Crippen LogP contribution < -0.4 is 9.80 Å². The number of carbonyl (C=O) groups excluding carboxylic acids is 1. The van der Waals surface area contributed by atoms with Crippen molar-refractivity contribution in [1.82, 2.24) is 20.2 Å². The summed E-state index contributed by atoms with van der Waals surface area (Å²) >= 11 is 1.59. The van der Waals surface area contributed by atoms with Gasteiger partial charge in [-0.15, -0.1) is 10.2 Å². The van der Waals surface area contributed by atoms with Crippen LogP contribution in [0.4, 0.5) is 10.9 Å². The second kappa shape index (κ2) is 8.52. The van der Waals surface area contributed by atoms with Crippen LogP contribution >= 0.6 is 11.3 Å². The summed E-state index contributed by atoms with van der Waals surface area (Å²) < 4.78 is 5.23. The molecule has 29 heavy (non-hydrogen) atoms. The standard InChI is InChI=1S/C20H22N6O2S/c1-3-28-19(27)16-13-21-17(15-7-5-4-6-8-15)22-18(16)25-9-11-26(12-10-25)20-24-23-14(2)29-20/h4-8,13H,3,9-12H2,1-2H3. The number of esters is 1. The summed E-state index contributed by atoms with van der Waals surface area (Å²) in [6.45, 7) is 7.05. The molecule has 0 radical (unpaired) electrons. The molecule has 1 aliphatic rings. The van der Waals surface area contributed by atoms with E-state index in [9.17, 15) is 4.79 Å². The molecule has 0 unspecified atom stereocenters. The zero-order chi connectivity index (χ0) is 20.2. The van der Waals surface area contributed by atoms with Crippen LogP contribution in [0.25, 0.3) is 11.4 Å². The summed E-state index contributed by atoms with van der Waals surface area (Å²) in [6.07, 6.45) is 1.57. The molecule has 1 saturated heterocycles. The third-order valence-electron chi connectivity index (χ3n) is 4.66. The summed E-state index contributed by atoms with van der Waals surface area (Å²) in [5.74, 6) is 0.811. The highest BCUT2D eigenvalue weighted by Crippen LogP contribution is 2.26. The second-order valence-electron chi connectivity index (χ2n) is 6.60. The first-order valence-corrected chi connectivity index (χ1v) is 10.4. The Morgan fingerprint density at radius 2 is 1.83 bits per heavy atom. The number of carbonyl (C=O) groups is 1. The Morgan fingerprint density at radius 3 is 2.48 bits per heavy atom. The van der Waals surface area contributed by atoms with Crippen LogP contribution in [0.5, 0.6) is 0 Å². The number of aryl methyl sites for hydroxylation is 1. The number of aromatic nitrogens is 4. The number of benzene rings is 1. The Hall–Kier alpha value is -3.07. The zero-order valence-corrected chi connectivity index (χ0v) is 17.2. The number of anilines is 2. The molecule has 0 aliphatic carbocycles. The first-order valence-electron chi connectivity index (χ1n) is 9.55. The maximum absolute atomic E-state index is 12.5. The van der Waals surface area contributed by atoms with Gasteiger partial charge in [0.25, 0.3) is 0 Å². The fourth-order valence-corrected chi connectivity index (χ4v) is 3.96. The maximum Gasteiger partial charge on any atom is 0.343 e. The SMILES string of the molecule is CCOC(=O)c1cnc(-c2ccccc2)nc1N1CCN(c2nnc(C)s2)CC1. The lowest BCUT2D eigenvalue weighted by Gasteiger charge is -2.35. The third kappa shape index (κ3) is 4.19. The summed E-state index contributed by atoms with van der Waals surface area (Å²) in [5, 5.41) is 10.2. The van der Waals surface area contributed by atoms with E-state index < -0.39 is 5.97 Å². The van der Waals surface area contributed by atoms with Crippen LogP contribution in [0, 0.1) is 6.92 Å². The van der Waals surface area contributed by atoms with Crippen LogP contribution in [0.1, 0.15) is 22.3 Å². The lowest BCUT2D eigenvalue weighted by atomic mass is 10.2. The van der Waals surface area contributed by atoms with E-state index in [0.29, 0.717) is 23.8 Å². The molecular formula is C20H22N6O2S. The highest BCUT2D eigenvalue weighted by Gasteiger charge is 2.26. The van der Waals surface area contributed by atoms with Crippen molar-refractivity contribution in [3.8, 4) is 11.4 Å². The van der Waals surface area contributed by atoms with Crippen molar-refractivity contribution in [2.45, 2.75) is 13.8 Å². The molecule has 3 aromatic rings. The average Bonchev–Trinajstić information content (AvgIpc) is 3.20. The molecule has 0 saturated carbocycles. The largest absolute Gasteiger partial charge is 0.462 e. The Bertz CT molecular complexity index is 986. The molecule has 4 rings (SSSR count). The Morgan fingerprint density at radius 1 is 1.10 bits per heavy atom. The van der Waals surface area contributed by atoms with E-state index in [2.05, 4.69) is 25.0 Å². The maximum atomic E-state index is 12.5. The molecule has 8 nitrogen and oxygen atoms in total.